The number of benzene rings is 3. The predicted molar refractivity (Wildman–Crippen MR) is 97.3 cm³/mol. The summed E-state index contributed by atoms with van der Waals surface area (Å²) in [5.41, 5.74) is 12.0. The predicted octanol–water partition coefficient (Wildman–Crippen LogP) is 4.94. The Hall–Kier alpha value is -2.09. The van der Waals surface area contributed by atoms with E-state index in [1.165, 1.54) is 27.8 Å². The van der Waals surface area contributed by atoms with E-state index < -0.39 is 0 Å². The van der Waals surface area contributed by atoms with Gasteiger partial charge < -0.3 is 5.73 Å². The zero-order valence-corrected chi connectivity index (χ0v) is 13.2. The summed E-state index contributed by atoms with van der Waals surface area (Å²) in [5, 5.41) is 0. The van der Waals surface area contributed by atoms with Crippen LogP contribution in [-0.4, -0.2) is 6.54 Å². The van der Waals surface area contributed by atoms with Gasteiger partial charge in [-0.3, -0.25) is 0 Å². The normalized spacial score (nSPS) is 10.0. The van der Waals surface area contributed by atoms with Crippen LogP contribution in [0.1, 0.15) is 5.56 Å². The summed E-state index contributed by atoms with van der Waals surface area (Å²) in [5.74, 6) is 0. The summed E-state index contributed by atoms with van der Waals surface area (Å²) in [6.45, 7) is 0.679. The van der Waals surface area contributed by atoms with E-state index in [1.807, 2.05) is 0 Å². The first-order chi connectivity index (χ1) is 10.4. The average molecular weight is 310 g/mol. The minimum absolute atomic E-state index is 0. The van der Waals surface area contributed by atoms with E-state index in [9.17, 15) is 0 Å². The molecule has 3 aromatic carbocycles. The lowest BCUT2D eigenvalue weighted by molar-refractivity contribution is 0.969. The Kier molecular flexibility index (Phi) is 5.76. The van der Waals surface area contributed by atoms with E-state index in [1.54, 1.807) is 0 Å². The highest BCUT2D eigenvalue weighted by Gasteiger charge is 2.08. The van der Waals surface area contributed by atoms with Crippen molar-refractivity contribution in [3.8, 4) is 22.3 Å². The molecule has 0 atom stereocenters. The van der Waals surface area contributed by atoms with E-state index in [2.05, 4.69) is 78.9 Å². The first-order valence-corrected chi connectivity index (χ1v) is 7.32. The maximum atomic E-state index is 5.70. The molecule has 3 rings (SSSR count). The maximum Gasteiger partial charge on any atom is -0.00367 e. The molecule has 0 bridgehead atoms. The fourth-order valence-corrected chi connectivity index (χ4v) is 2.64. The van der Waals surface area contributed by atoms with Crippen molar-refractivity contribution in [1.82, 2.24) is 0 Å². The first kappa shape index (κ1) is 16.3. The van der Waals surface area contributed by atoms with E-state index >= 15 is 0 Å². The first-order valence-electron chi connectivity index (χ1n) is 7.32. The second kappa shape index (κ2) is 7.79. The topological polar surface area (TPSA) is 26.0 Å². The van der Waals surface area contributed by atoms with Gasteiger partial charge in [-0.1, -0.05) is 78.9 Å². The molecule has 0 radical (unpaired) electrons. The summed E-state index contributed by atoms with van der Waals surface area (Å²) in [6.07, 6.45) is 0.912. The Bertz CT molecular complexity index is 708. The largest absolute Gasteiger partial charge is 0.330 e. The van der Waals surface area contributed by atoms with Gasteiger partial charge in [0.15, 0.2) is 0 Å². The second-order valence-corrected chi connectivity index (χ2v) is 5.15. The number of rotatable bonds is 4. The highest BCUT2D eigenvalue weighted by molar-refractivity contribution is 5.85. The van der Waals surface area contributed by atoms with Gasteiger partial charge in [0.1, 0.15) is 0 Å². The zero-order valence-electron chi connectivity index (χ0n) is 12.4. The third kappa shape index (κ3) is 3.56. The monoisotopic (exact) mass is 309 g/mol. The van der Waals surface area contributed by atoms with Crippen molar-refractivity contribution >= 4 is 12.4 Å². The number of hydrogen-bond donors (Lipinski definition) is 1. The molecule has 22 heavy (non-hydrogen) atoms. The molecular formula is C20H20ClN. The van der Waals surface area contributed by atoms with Gasteiger partial charge in [-0.15, -0.1) is 12.4 Å². The highest BCUT2D eigenvalue weighted by atomic mass is 35.5. The molecule has 0 fully saturated rings. The van der Waals surface area contributed by atoms with Crippen LogP contribution < -0.4 is 5.73 Å². The zero-order chi connectivity index (χ0) is 14.5. The SMILES string of the molecule is Cl.NCCc1ccc(-c2ccccc2)c(-c2ccccc2)c1. The van der Waals surface area contributed by atoms with Crippen molar-refractivity contribution in [2.45, 2.75) is 6.42 Å². The molecule has 3 aromatic rings. The fourth-order valence-electron chi connectivity index (χ4n) is 2.64. The van der Waals surface area contributed by atoms with Crippen molar-refractivity contribution < 1.29 is 0 Å². The molecule has 2 heteroatoms. The maximum absolute atomic E-state index is 5.70. The summed E-state index contributed by atoms with van der Waals surface area (Å²) in [4.78, 5) is 0. The Balaban J connectivity index is 0.00000176. The summed E-state index contributed by atoms with van der Waals surface area (Å²) >= 11 is 0. The van der Waals surface area contributed by atoms with Gasteiger partial charge in [-0.25, -0.2) is 0 Å². The van der Waals surface area contributed by atoms with Crippen molar-refractivity contribution in [1.29, 1.82) is 0 Å². The van der Waals surface area contributed by atoms with Crippen LogP contribution in [-0.2, 0) is 6.42 Å². The quantitative estimate of drug-likeness (QED) is 0.725. The van der Waals surface area contributed by atoms with Crippen molar-refractivity contribution in [2.75, 3.05) is 6.54 Å². The minimum Gasteiger partial charge on any atom is -0.330 e. The van der Waals surface area contributed by atoms with Crippen LogP contribution in [0.2, 0.25) is 0 Å². The molecule has 0 saturated heterocycles. The van der Waals surface area contributed by atoms with Crippen LogP contribution in [0.3, 0.4) is 0 Å². The standard InChI is InChI=1S/C20H19N.ClH/c21-14-13-16-11-12-19(17-7-3-1-4-8-17)20(15-16)18-9-5-2-6-10-18;/h1-12,15H,13-14,21H2;1H. The van der Waals surface area contributed by atoms with Crippen LogP contribution in [0.25, 0.3) is 22.3 Å². The van der Waals surface area contributed by atoms with Gasteiger partial charge in [0.2, 0.25) is 0 Å². The number of halogens is 1. The Morgan fingerprint density at radius 1 is 0.636 bits per heavy atom. The fraction of sp³-hybridized carbons (Fsp3) is 0.100. The molecule has 1 nitrogen and oxygen atoms in total. The third-order valence-electron chi connectivity index (χ3n) is 3.69. The molecule has 112 valence electrons. The molecular weight excluding hydrogens is 290 g/mol. The highest BCUT2D eigenvalue weighted by Crippen LogP contribution is 2.32. The van der Waals surface area contributed by atoms with E-state index in [4.69, 9.17) is 5.73 Å². The second-order valence-electron chi connectivity index (χ2n) is 5.15. The summed E-state index contributed by atoms with van der Waals surface area (Å²) < 4.78 is 0. The molecule has 0 aliphatic heterocycles. The number of hydrogen-bond acceptors (Lipinski definition) is 1. The molecule has 0 amide bonds. The van der Waals surface area contributed by atoms with Gasteiger partial charge in [0, 0.05) is 0 Å². The lowest BCUT2D eigenvalue weighted by Gasteiger charge is -2.12. The third-order valence-corrected chi connectivity index (χ3v) is 3.69. The Labute approximate surface area is 138 Å². The van der Waals surface area contributed by atoms with Crippen LogP contribution in [0.5, 0.6) is 0 Å². The summed E-state index contributed by atoms with van der Waals surface area (Å²) in [7, 11) is 0. The lowest BCUT2D eigenvalue weighted by atomic mass is 9.92. The van der Waals surface area contributed by atoms with E-state index in [-0.39, 0.29) is 12.4 Å². The lowest BCUT2D eigenvalue weighted by Crippen LogP contribution is -2.02. The van der Waals surface area contributed by atoms with Crippen molar-refractivity contribution in [3.63, 3.8) is 0 Å². The average Bonchev–Trinajstić information content (AvgIpc) is 2.57. The molecule has 0 aliphatic carbocycles. The van der Waals surface area contributed by atoms with Gasteiger partial charge in [-0.2, -0.15) is 0 Å². The molecule has 0 aliphatic rings. The van der Waals surface area contributed by atoms with Gasteiger partial charge in [0.05, 0.1) is 0 Å². The van der Waals surface area contributed by atoms with Crippen molar-refractivity contribution in [3.05, 3.63) is 84.4 Å². The van der Waals surface area contributed by atoms with E-state index in [0.29, 0.717) is 6.54 Å². The van der Waals surface area contributed by atoms with Gasteiger partial charge in [-0.05, 0) is 40.8 Å². The molecule has 0 aromatic heterocycles. The molecule has 0 spiro atoms. The van der Waals surface area contributed by atoms with Crippen LogP contribution >= 0.6 is 12.4 Å². The number of nitrogens with two attached hydrogens (primary N) is 1. The molecule has 0 unspecified atom stereocenters. The van der Waals surface area contributed by atoms with Crippen molar-refractivity contribution in [2.24, 2.45) is 5.73 Å². The molecule has 0 saturated carbocycles. The molecule has 0 heterocycles. The van der Waals surface area contributed by atoms with Gasteiger partial charge in [0.25, 0.3) is 0 Å². The van der Waals surface area contributed by atoms with E-state index in [0.717, 1.165) is 6.42 Å². The van der Waals surface area contributed by atoms with Crippen LogP contribution in [0, 0.1) is 0 Å². The summed E-state index contributed by atoms with van der Waals surface area (Å²) in [6, 6.07) is 27.7. The van der Waals surface area contributed by atoms with Crippen LogP contribution in [0.15, 0.2) is 78.9 Å². The Morgan fingerprint density at radius 3 is 1.73 bits per heavy atom. The molecule has 2 N–H and O–H groups in total. The minimum atomic E-state index is 0. The van der Waals surface area contributed by atoms with Gasteiger partial charge >= 0.3 is 0 Å². The smallest absolute Gasteiger partial charge is 0.00367 e. The van der Waals surface area contributed by atoms with Crippen LogP contribution in [0.4, 0.5) is 0 Å². The Morgan fingerprint density at radius 2 is 1.18 bits per heavy atom.